The van der Waals surface area contributed by atoms with Crippen LogP contribution < -0.4 is 5.73 Å². The maximum absolute atomic E-state index is 12.5. The highest BCUT2D eigenvalue weighted by molar-refractivity contribution is 5.94. The minimum absolute atomic E-state index is 0.200. The van der Waals surface area contributed by atoms with Gasteiger partial charge in [-0.2, -0.15) is 13.2 Å². The van der Waals surface area contributed by atoms with Crippen molar-refractivity contribution in [2.24, 2.45) is 5.73 Å². The first kappa shape index (κ1) is 17.1. The molecule has 1 aromatic carbocycles. The Morgan fingerprint density at radius 2 is 1.86 bits per heavy atom. The Kier molecular flexibility index (Phi) is 5.79. The molecule has 0 saturated carbocycles. The van der Waals surface area contributed by atoms with E-state index in [4.69, 9.17) is 5.73 Å². The zero-order valence-corrected chi connectivity index (χ0v) is 11.9. The summed E-state index contributed by atoms with van der Waals surface area (Å²) >= 11 is 0. The van der Waals surface area contributed by atoms with Gasteiger partial charge in [-0.05, 0) is 38.1 Å². The Bertz CT molecular complexity index is 539. The van der Waals surface area contributed by atoms with E-state index >= 15 is 0 Å². The molecule has 0 atom stereocenters. The van der Waals surface area contributed by atoms with Crippen LogP contribution in [0.5, 0.6) is 0 Å². The standard InChI is InChI=1S/C15H17F3N2O/c1-11(2)20(10-15(16,17)18)14(21)13-7-5-12(6-8-13)4-3-9-19/h5-8,11H,9-10,19H2,1-2H3. The van der Waals surface area contributed by atoms with Gasteiger partial charge >= 0.3 is 6.18 Å². The molecular weight excluding hydrogens is 281 g/mol. The molecule has 0 unspecified atom stereocenters. The fraction of sp³-hybridized carbons (Fsp3) is 0.400. The number of rotatable bonds is 3. The van der Waals surface area contributed by atoms with Gasteiger partial charge in [-0.1, -0.05) is 11.8 Å². The normalized spacial score (nSPS) is 11.0. The summed E-state index contributed by atoms with van der Waals surface area (Å²) in [6.07, 6.45) is -4.42. The van der Waals surface area contributed by atoms with Crippen LogP contribution in [-0.4, -0.2) is 36.1 Å². The van der Waals surface area contributed by atoms with E-state index < -0.39 is 24.7 Å². The first-order chi connectivity index (χ1) is 9.74. The van der Waals surface area contributed by atoms with E-state index in [1.165, 1.54) is 12.1 Å². The maximum Gasteiger partial charge on any atom is 0.406 e. The van der Waals surface area contributed by atoms with E-state index in [2.05, 4.69) is 11.8 Å². The van der Waals surface area contributed by atoms with Crippen LogP contribution in [-0.2, 0) is 0 Å². The zero-order chi connectivity index (χ0) is 16.0. The number of hydrogen-bond acceptors (Lipinski definition) is 2. The molecule has 1 amide bonds. The Hall–Kier alpha value is -2.00. The van der Waals surface area contributed by atoms with Crippen LogP contribution >= 0.6 is 0 Å². The number of alkyl halides is 3. The van der Waals surface area contributed by atoms with Crippen molar-refractivity contribution in [3.8, 4) is 11.8 Å². The SMILES string of the molecule is CC(C)N(CC(F)(F)F)C(=O)c1ccc(C#CCN)cc1. The summed E-state index contributed by atoms with van der Waals surface area (Å²) in [5.41, 5.74) is 6.10. The average molecular weight is 298 g/mol. The number of nitrogens with two attached hydrogens (primary N) is 1. The predicted molar refractivity (Wildman–Crippen MR) is 74.6 cm³/mol. The van der Waals surface area contributed by atoms with Crippen LogP contribution in [0, 0.1) is 11.8 Å². The predicted octanol–water partition coefficient (Wildman–Crippen LogP) is 2.41. The molecule has 2 N–H and O–H groups in total. The highest BCUT2D eigenvalue weighted by Gasteiger charge is 2.34. The number of amides is 1. The van der Waals surface area contributed by atoms with Crippen molar-refractivity contribution in [2.45, 2.75) is 26.1 Å². The monoisotopic (exact) mass is 298 g/mol. The number of nitrogens with zero attached hydrogens (tertiary/aromatic N) is 1. The molecule has 0 saturated heterocycles. The molecule has 0 heterocycles. The summed E-state index contributed by atoms with van der Waals surface area (Å²) in [5.74, 6) is 4.79. The third kappa shape index (κ3) is 5.48. The van der Waals surface area contributed by atoms with Crippen molar-refractivity contribution in [2.75, 3.05) is 13.1 Å². The Morgan fingerprint density at radius 3 is 2.29 bits per heavy atom. The Labute approximate surface area is 121 Å². The molecule has 21 heavy (non-hydrogen) atoms. The Balaban J connectivity index is 2.94. The van der Waals surface area contributed by atoms with Crippen LogP contribution in [0.3, 0.4) is 0 Å². The molecule has 0 aliphatic heterocycles. The molecule has 6 heteroatoms. The lowest BCUT2D eigenvalue weighted by molar-refractivity contribution is -0.143. The van der Waals surface area contributed by atoms with Gasteiger partial charge < -0.3 is 10.6 Å². The number of carbonyl (C=O) groups excluding carboxylic acids is 1. The van der Waals surface area contributed by atoms with Crippen LogP contribution in [0.2, 0.25) is 0 Å². The molecule has 0 spiro atoms. The summed E-state index contributed by atoms with van der Waals surface area (Å²) in [6.45, 7) is 2.04. The van der Waals surface area contributed by atoms with E-state index in [0.29, 0.717) is 5.56 Å². The van der Waals surface area contributed by atoms with Gasteiger partial charge in [-0.3, -0.25) is 4.79 Å². The molecule has 3 nitrogen and oxygen atoms in total. The lowest BCUT2D eigenvalue weighted by Crippen LogP contribution is -2.43. The molecule has 1 aromatic rings. The second-order valence-corrected chi connectivity index (χ2v) is 4.73. The van der Waals surface area contributed by atoms with E-state index in [1.807, 2.05) is 0 Å². The number of halogens is 3. The topological polar surface area (TPSA) is 46.3 Å². The van der Waals surface area contributed by atoms with Crippen molar-refractivity contribution < 1.29 is 18.0 Å². The molecule has 0 aliphatic rings. The van der Waals surface area contributed by atoms with E-state index in [0.717, 1.165) is 4.90 Å². The highest BCUT2D eigenvalue weighted by atomic mass is 19.4. The molecule has 0 aromatic heterocycles. The van der Waals surface area contributed by atoms with Gasteiger partial charge in [0, 0.05) is 17.2 Å². The van der Waals surface area contributed by atoms with Crippen molar-refractivity contribution in [3.05, 3.63) is 35.4 Å². The van der Waals surface area contributed by atoms with Gasteiger partial charge in [0.2, 0.25) is 0 Å². The molecule has 1 rings (SSSR count). The van der Waals surface area contributed by atoms with E-state index in [1.54, 1.807) is 26.0 Å². The Morgan fingerprint density at radius 1 is 1.29 bits per heavy atom. The smallest absolute Gasteiger partial charge is 0.327 e. The van der Waals surface area contributed by atoms with Crippen molar-refractivity contribution in [1.82, 2.24) is 4.90 Å². The molecular formula is C15H17F3N2O. The lowest BCUT2D eigenvalue weighted by atomic mass is 10.1. The maximum atomic E-state index is 12.5. The first-order valence-corrected chi connectivity index (χ1v) is 6.41. The summed E-state index contributed by atoms with van der Waals surface area (Å²) in [6, 6.07) is 5.56. The van der Waals surface area contributed by atoms with Gasteiger partial charge in [0.1, 0.15) is 6.54 Å². The van der Waals surface area contributed by atoms with Crippen LogP contribution in [0.4, 0.5) is 13.2 Å². The number of carbonyl (C=O) groups is 1. The molecule has 0 fully saturated rings. The first-order valence-electron chi connectivity index (χ1n) is 6.41. The van der Waals surface area contributed by atoms with Gasteiger partial charge in [0.15, 0.2) is 0 Å². The van der Waals surface area contributed by atoms with Gasteiger partial charge in [0.25, 0.3) is 5.91 Å². The summed E-state index contributed by atoms with van der Waals surface area (Å²) in [7, 11) is 0. The third-order valence-corrected chi connectivity index (χ3v) is 2.70. The molecule has 0 bridgehead atoms. The quantitative estimate of drug-likeness (QED) is 0.871. The van der Waals surface area contributed by atoms with Crippen molar-refractivity contribution >= 4 is 5.91 Å². The van der Waals surface area contributed by atoms with Crippen molar-refractivity contribution in [1.29, 1.82) is 0 Å². The fourth-order valence-corrected chi connectivity index (χ4v) is 1.70. The number of hydrogen-bond donors (Lipinski definition) is 1. The third-order valence-electron chi connectivity index (χ3n) is 2.70. The van der Waals surface area contributed by atoms with Crippen LogP contribution in [0.25, 0.3) is 0 Å². The van der Waals surface area contributed by atoms with Gasteiger partial charge in [-0.25, -0.2) is 0 Å². The number of benzene rings is 1. The molecule has 0 radical (unpaired) electrons. The molecule has 114 valence electrons. The minimum atomic E-state index is -4.42. The zero-order valence-electron chi connectivity index (χ0n) is 11.9. The highest BCUT2D eigenvalue weighted by Crippen LogP contribution is 2.20. The average Bonchev–Trinajstić information content (AvgIpc) is 2.41. The van der Waals surface area contributed by atoms with Crippen LogP contribution in [0.1, 0.15) is 29.8 Å². The lowest BCUT2D eigenvalue weighted by Gasteiger charge is -2.27. The van der Waals surface area contributed by atoms with Gasteiger partial charge in [-0.15, -0.1) is 0 Å². The van der Waals surface area contributed by atoms with Crippen LogP contribution in [0.15, 0.2) is 24.3 Å². The molecule has 0 aliphatic carbocycles. The summed E-state index contributed by atoms with van der Waals surface area (Å²) in [4.78, 5) is 13.0. The second-order valence-electron chi connectivity index (χ2n) is 4.73. The summed E-state index contributed by atoms with van der Waals surface area (Å²) < 4.78 is 37.6. The van der Waals surface area contributed by atoms with E-state index in [9.17, 15) is 18.0 Å². The van der Waals surface area contributed by atoms with Gasteiger partial charge in [0.05, 0.1) is 6.54 Å². The van der Waals surface area contributed by atoms with E-state index in [-0.39, 0.29) is 12.1 Å². The second kappa shape index (κ2) is 7.14. The van der Waals surface area contributed by atoms with Crippen molar-refractivity contribution in [3.63, 3.8) is 0 Å². The largest absolute Gasteiger partial charge is 0.406 e. The fourth-order valence-electron chi connectivity index (χ4n) is 1.70. The summed E-state index contributed by atoms with van der Waals surface area (Å²) in [5, 5.41) is 0. The minimum Gasteiger partial charge on any atom is -0.327 e.